The predicted molar refractivity (Wildman–Crippen MR) is 80.6 cm³/mol. The minimum absolute atomic E-state index is 0.228. The van der Waals surface area contributed by atoms with Gasteiger partial charge in [0.15, 0.2) is 0 Å². The highest BCUT2D eigenvalue weighted by molar-refractivity contribution is 7.14. The molecule has 0 saturated heterocycles. The number of rotatable bonds is 3. The summed E-state index contributed by atoms with van der Waals surface area (Å²) in [6.07, 6.45) is 0. The Labute approximate surface area is 125 Å². The molecule has 0 bridgehead atoms. The third kappa shape index (κ3) is 3.47. The molecule has 0 radical (unpaired) electrons. The Morgan fingerprint density at radius 3 is 2.68 bits per heavy atom. The smallest absolute Gasteiger partial charge is 0.266 e. The molecule has 0 atom stereocenters. The van der Waals surface area contributed by atoms with Crippen LogP contribution in [0.2, 0.25) is 10.2 Å². The van der Waals surface area contributed by atoms with E-state index in [4.69, 9.17) is 23.2 Å². The van der Waals surface area contributed by atoms with Gasteiger partial charge in [-0.25, -0.2) is 4.98 Å². The maximum atomic E-state index is 12.1. The van der Waals surface area contributed by atoms with Gasteiger partial charge in [-0.1, -0.05) is 43.1 Å². The Balaban J connectivity index is 2.18. The van der Waals surface area contributed by atoms with E-state index >= 15 is 0 Å². The molecular weight excluding hydrogens is 303 g/mol. The minimum atomic E-state index is -0.228. The van der Waals surface area contributed by atoms with Crippen molar-refractivity contribution in [2.24, 2.45) is 0 Å². The lowest BCUT2D eigenvalue weighted by Gasteiger charge is -2.02. The van der Waals surface area contributed by atoms with E-state index in [1.165, 1.54) is 11.3 Å². The highest BCUT2D eigenvalue weighted by Crippen LogP contribution is 2.33. The monoisotopic (exact) mass is 314 g/mol. The van der Waals surface area contributed by atoms with Crippen molar-refractivity contribution in [3.8, 4) is 0 Å². The molecule has 0 aliphatic heterocycles. The van der Waals surface area contributed by atoms with E-state index in [0.29, 0.717) is 26.8 Å². The third-order valence-electron chi connectivity index (χ3n) is 2.42. The van der Waals surface area contributed by atoms with Crippen LogP contribution < -0.4 is 5.32 Å². The number of hydrogen-bond acceptors (Lipinski definition) is 3. The summed E-state index contributed by atoms with van der Waals surface area (Å²) in [6.45, 7) is 4.08. The van der Waals surface area contributed by atoms with Gasteiger partial charge in [-0.15, -0.1) is 11.3 Å². The number of nitrogens with zero attached hydrogens (tertiary/aromatic N) is 1. The number of halogens is 2. The van der Waals surface area contributed by atoms with Crippen LogP contribution in [0.5, 0.6) is 0 Å². The van der Waals surface area contributed by atoms with Gasteiger partial charge < -0.3 is 5.32 Å². The molecule has 0 spiro atoms. The standard InChI is InChI=1S/C13H12Cl2N2OS/c1-7(2)12-8(14)6-9(19-12)13(18)17-11-5-3-4-10(15)16-11/h3-7H,1-2H3,(H,16,17,18). The van der Waals surface area contributed by atoms with Gasteiger partial charge in [-0.05, 0) is 24.1 Å². The SMILES string of the molecule is CC(C)c1sc(C(=O)Nc2cccc(Cl)n2)cc1Cl. The Hall–Kier alpha value is -1.10. The second kappa shape index (κ2) is 5.90. The fourth-order valence-electron chi connectivity index (χ4n) is 1.54. The number of aromatic nitrogens is 1. The van der Waals surface area contributed by atoms with Crippen LogP contribution in [0.1, 0.15) is 34.3 Å². The molecule has 0 unspecified atom stereocenters. The number of carbonyl (C=O) groups excluding carboxylic acids is 1. The van der Waals surface area contributed by atoms with Crippen LogP contribution in [0.3, 0.4) is 0 Å². The second-order valence-corrected chi connectivity index (χ2v) is 6.16. The third-order valence-corrected chi connectivity index (χ3v) is 4.49. The molecule has 19 heavy (non-hydrogen) atoms. The highest BCUT2D eigenvalue weighted by atomic mass is 35.5. The van der Waals surface area contributed by atoms with Gasteiger partial charge in [-0.3, -0.25) is 4.79 Å². The zero-order valence-corrected chi connectivity index (χ0v) is 12.7. The van der Waals surface area contributed by atoms with Crippen molar-refractivity contribution in [3.63, 3.8) is 0 Å². The van der Waals surface area contributed by atoms with Gasteiger partial charge in [0.05, 0.1) is 9.90 Å². The van der Waals surface area contributed by atoms with Crippen molar-refractivity contribution in [2.45, 2.75) is 19.8 Å². The van der Waals surface area contributed by atoms with E-state index in [1.807, 2.05) is 13.8 Å². The molecule has 0 fully saturated rings. The van der Waals surface area contributed by atoms with Crippen molar-refractivity contribution >= 4 is 46.3 Å². The van der Waals surface area contributed by atoms with Crippen molar-refractivity contribution < 1.29 is 4.79 Å². The van der Waals surface area contributed by atoms with E-state index in [1.54, 1.807) is 24.3 Å². The molecule has 3 nitrogen and oxygen atoms in total. The summed E-state index contributed by atoms with van der Waals surface area (Å²) in [5.41, 5.74) is 0. The van der Waals surface area contributed by atoms with Crippen LogP contribution in [0.15, 0.2) is 24.3 Å². The van der Waals surface area contributed by atoms with Crippen molar-refractivity contribution in [2.75, 3.05) is 5.32 Å². The zero-order valence-electron chi connectivity index (χ0n) is 10.4. The molecular formula is C13H12Cl2N2OS. The van der Waals surface area contributed by atoms with E-state index in [2.05, 4.69) is 10.3 Å². The Morgan fingerprint density at radius 1 is 1.37 bits per heavy atom. The quantitative estimate of drug-likeness (QED) is 0.825. The van der Waals surface area contributed by atoms with E-state index in [9.17, 15) is 4.79 Å². The first-order chi connectivity index (χ1) is 8.97. The van der Waals surface area contributed by atoms with E-state index < -0.39 is 0 Å². The minimum Gasteiger partial charge on any atom is -0.306 e. The molecule has 0 saturated carbocycles. The summed E-state index contributed by atoms with van der Waals surface area (Å²) in [7, 11) is 0. The van der Waals surface area contributed by atoms with E-state index in [0.717, 1.165) is 4.88 Å². The molecule has 2 rings (SSSR count). The lowest BCUT2D eigenvalue weighted by atomic mass is 10.2. The van der Waals surface area contributed by atoms with Crippen LogP contribution in [0, 0.1) is 0 Å². The van der Waals surface area contributed by atoms with Gasteiger partial charge in [-0.2, -0.15) is 0 Å². The van der Waals surface area contributed by atoms with Gasteiger partial charge in [0.25, 0.3) is 5.91 Å². The number of pyridine rings is 1. The van der Waals surface area contributed by atoms with Gasteiger partial charge in [0, 0.05) is 4.88 Å². The molecule has 100 valence electrons. The largest absolute Gasteiger partial charge is 0.306 e. The van der Waals surface area contributed by atoms with E-state index in [-0.39, 0.29) is 5.91 Å². The molecule has 2 heterocycles. The molecule has 0 aromatic carbocycles. The number of carbonyl (C=O) groups is 1. The number of amides is 1. The molecule has 1 N–H and O–H groups in total. The van der Waals surface area contributed by atoms with Crippen molar-refractivity contribution in [1.82, 2.24) is 4.98 Å². The molecule has 6 heteroatoms. The van der Waals surface area contributed by atoms with Gasteiger partial charge in [0.2, 0.25) is 0 Å². The maximum absolute atomic E-state index is 12.1. The molecule has 2 aromatic heterocycles. The lowest BCUT2D eigenvalue weighted by Crippen LogP contribution is -2.11. The fourth-order valence-corrected chi connectivity index (χ4v) is 3.17. The first kappa shape index (κ1) is 14.3. The first-order valence-corrected chi connectivity index (χ1v) is 7.27. The Bertz CT molecular complexity index is 610. The van der Waals surface area contributed by atoms with Crippen molar-refractivity contribution in [3.05, 3.63) is 44.2 Å². The summed E-state index contributed by atoms with van der Waals surface area (Å²) in [5.74, 6) is 0.491. The Kier molecular flexibility index (Phi) is 4.45. The molecule has 0 aliphatic carbocycles. The maximum Gasteiger partial charge on any atom is 0.266 e. The predicted octanol–water partition coefficient (Wildman–Crippen LogP) is 4.83. The molecule has 0 aliphatic rings. The summed E-state index contributed by atoms with van der Waals surface area (Å²) < 4.78 is 0. The number of hydrogen-bond donors (Lipinski definition) is 1. The normalized spacial score (nSPS) is 10.8. The van der Waals surface area contributed by atoms with Crippen LogP contribution in [0.4, 0.5) is 5.82 Å². The number of thiophene rings is 1. The number of nitrogens with one attached hydrogen (secondary N) is 1. The topological polar surface area (TPSA) is 42.0 Å². The highest BCUT2D eigenvalue weighted by Gasteiger charge is 2.16. The molecule has 1 amide bonds. The van der Waals surface area contributed by atoms with Crippen LogP contribution in [-0.2, 0) is 0 Å². The van der Waals surface area contributed by atoms with Gasteiger partial charge in [0.1, 0.15) is 11.0 Å². The zero-order chi connectivity index (χ0) is 14.0. The average Bonchev–Trinajstić information content (AvgIpc) is 2.71. The van der Waals surface area contributed by atoms with Crippen LogP contribution in [0.25, 0.3) is 0 Å². The lowest BCUT2D eigenvalue weighted by molar-refractivity contribution is 0.103. The summed E-state index contributed by atoms with van der Waals surface area (Å²) in [5, 5.41) is 3.66. The molecule has 2 aromatic rings. The Morgan fingerprint density at radius 2 is 2.11 bits per heavy atom. The summed E-state index contributed by atoms with van der Waals surface area (Å²) in [6, 6.07) is 6.74. The van der Waals surface area contributed by atoms with Crippen molar-refractivity contribution in [1.29, 1.82) is 0 Å². The first-order valence-electron chi connectivity index (χ1n) is 5.70. The summed E-state index contributed by atoms with van der Waals surface area (Å²) in [4.78, 5) is 17.6. The van der Waals surface area contributed by atoms with Crippen LogP contribution >= 0.6 is 34.5 Å². The number of anilines is 1. The second-order valence-electron chi connectivity index (χ2n) is 4.28. The summed E-state index contributed by atoms with van der Waals surface area (Å²) >= 11 is 13.3. The fraction of sp³-hybridized carbons (Fsp3) is 0.231. The van der Waals surface area contributed by atoms with Crippen LogP contribution in [-0.4, -0.2) is 10.9 Å². The van der Waals surface area contributed by atoms with Gasteiger partial charge >= 0.3 is 0 Å². The average molecular weight is 315 g/mol.